The number of ether oxygens (including phenoxy) is 6. The fraction of sp³-hybridized carbons (Fsp3) is 0.300. The van der Waals surface area contributed by atoms with Gasteiger partial charge in [-0.1, -0.05) is 17.4 Å². The predicted molar refractivity (Wildman–Crippen MR) is 108 cm³/mol. The molecule has 3 aromatic rings. The Morgan fingerprint density at radius 2 is 2.10 bits per heavy atom. The lowest BCUT2D eigenvalue weighted by Crippen LogP contribution is -2.21. The summed E-state index contributed by atoms with van der Waals surface area (Å²) < 4.78 is 33.5. The maximum absolute atomic E-state index is 12.4. The van der Waals surface area contributed by atoms with E-state index >= 15 is 0 Å². The number of aromatic nitrogens is 1. The van der Waals surface area contributed by atoms with Crippen LogP contribution in [0.1, 0.15) is 11.7 Å². The van der Waals surface area contributed by atoms with Gasteiger partial charge in [0.2, 0.25) is 6.79 Å². The van der Waals surface area contributed by atoms with Crippen molar-refractivity contribution >= 4 is 32.8 Å². The number of rotatable bonds is 4. The smallest absolute Gasteiger partial charge is 0.418 e. The van der Waals surface area contributed by atoms with Crippen LogP contribution in [0.4, 0.5) is 9.93 Å². The first-order chi connectivity index (χ1) is 14.7. The molecule has 2 aromatic carbocycles. The zero-order valence-corrected chi connectivity index (χ0v) is 16.8. The second kappa shape index (κ2) is 7.98. The number of benzene rings is 2. The Morgan fingerprint density at radius 3 is 2.93 bits per heavy atom. The van der Waals surface area contributed by atoms with Crippen LogP contribution in [0, 0.1) is 0 Å². The second-order valence-electron chi connectivity index (χ2n) is 6.52. The second-order valence-corrected chi connectivity index (χ2v) is 7.52. The number of carbonyl (C=O) groups excluding carboxylic acids is 1. The van der Waals surface area contributed by atoms with Crippen LogP contribution in [0.25, 0.3) is 10.2 Å². The number of carbonyl (C=O) groups is 1. The van der Waals surface area contributed by atoms with Crippen LogP contribution in [0.15, 0.2) is 30.3 Å². The molecule has 0 spiro atoms. The first kappa shape index (κ1) is 18.9. The third-order valence-electron chi connectivity index (χ3n) is 4.68. The molecule has 0 saturated carbocycles. The molecule has 1 saturated heterocycles. The van der Waals surface area contributed by atoms with Gasteiger partial charge in [0, 0.05) is 11.6 Å². The van der Waals surface area contributed by atoms with E-state index < -0.39 is 6.09 Å². The minimum Gasteiger partial charge on any atom is -0.494 e. The number of hydrogen-bond acceptors (Lipinski definition) is 9. The molecular formula is C20H18N2O7S. The lowest BCUT2D eigenvalue weighted by atomic mass is 10.1. The van der Waals surface area contributed by atoms with E-state index in [2.05, 4.69) is 10.3 Å². The van der Waals surface area contributed by atoms with E-state index in [0.29, 0.717) is 53.5 Å². The topological polar surface area (TPSA) is 97.4 Å². The van der Waals surface area contributed by atoms with Crippen molar-refractivity contribution in [2.45, 2.75) is 6.10 Å². The number of anilines is 1. The average molecular weight is 430 g/mol. The molecule has 1 amide bonds. The van der Waals surface area contributed by atoms with Gasteiger partial charge in [0.25, 0.3) is 0 Å². The highest BCUT2D eigenvalue weighted by Crippen LogP contribution is 2.39. The van der Waals surface area contributed by atoms with Crippen LogP contribution < -0.4 is 24.3 Å². The number of fused-ring (bicyclic) bond motifs is 2. The van der Waals surface area contributed by atoms with Crippen molar-refractivity contribution in [3.8, 4) is 23.0 Å². The van der Waals surface area contributed by atoms with Crippen molar-refractivity contribution in [1.29, 1.82) is 0 Å². The van der Waals surface area contributed by atoms with Crippen molar-refractivity contribution in [1.82, 2.24) is 4.98 Å². The monoisotopic (exact) mass is 430 g/mol. The fourth-order valence-corrected chi connectivity index (χ4v) is 4.33. The fourth-order valence-electron chi connectivity index (χ4n) is 3.30. The maximum atomic E-state index is 12.4. The van der Waals surface area contributed by atoms with Crippen molar-refractivity contribution in [2.24, 2.45) is 0 Å². The normalized spacial score (nSPS) is 17.7. The van der Waals surface area contributed by atoms with E-state index in [9.17, 15) is 4.79 Å². The number of methoxy groups -OCH3 is 1. The molecule has 1 atom stereocenters. The van der Waals surface area contributed by atoms with Gasteiger partial charge in [0.1, 0.15) is 23.1 Å². The van der Waals surface area contributed by atoms with Crippen LogP contribution in [0.5, 0.6) is 23.0 Å². The molecular weight excluding hydrogens is 412 g/mol. The third kappa shape index (κ3) is 3.60. The van der Waals surface area contributed by atoms with Crippen LogP contribution in [0.3, 0.4) is 0 Å². The Hall–Kier alpha value is -3.08. The number of nitrogens with zero attached hydrogens (tertiary/aromatic N) is 1. The van der Waals surface area contributed by atoms with Gasteiger partial charge in [-0.2, -0.15) is 0 Å². The standard InChI is InChI=1S/C20H18N2O7S/c1-24-14-5-3-12(16-9-25-6-7-26-16)18-17(14)21-19(30-18)22-20(23)29-11-2-4-13-15(8-11)28-10-27-13/h2-5,8,16H,6-7,9-10H2,1H3,(H,21,22,23). The lowest BCUT2D eigenvalue weighted by Gasteiger charge is -2.23. The lowest BCUT2D eigenvalue weighted by molar-refractivity contribution is -0.0895. The Labute approximate surface area is 175 Å². The molecule has 5 rings (SSSR count). The summed E-state index contributed by atoms with van der Waals surface area (Å²) in [6.07, 6.45) is -0.855. The van der Waals surface area contributed by atoms with Gasteiger partial charge in [-0.05, 0) is 18.2 Å². The van der Waals surface area contributed by atoms with Gasteiger partial charge in [-0.25, -0.2) is 9.78 Å². The number of thiazole rings is 1. The van der Waals surface area contributed by atoms with Gasteiger partial charge in [-0.15, -0.1) is 0 Å². The summed E-state index contributed by atoms with van der Waals surface area (Å²) in [5.74, 6) is 2.09. The van der Waals surface area contributed by atoms with Gasteiger partial charge in [0.15, 0.2) is 16.6 Å². The van der Waals surface area contributed by atoms with E-state index in [-0.39, 0.29) is 12.9 Å². The van der Waals surface area contributed by atoms with E-state index in [1.807, 2.05) is 12.1 Å². The van der Waals surface area contributed by atoms with Crippen molar-refractivity contribution in [2.75, 3.05) is 39.0 Å². The quantitative estimate of drug-likeness (QED) is 0.669. The Balaban J connectivity index is 1.38. The molecule has 156 valence electrons. The van der Waals surface area contributed by atoms with Crippen molar-refractivity contribution in [3.05, 3.63) is 35.9 Å². The van der Waals surface area contributed by atoms with Crippen LogP contribution >= 0.6 is 11.3 Å². The molecule has 1 aromatic heterocycles. The van der Waals surface area contributed by atoms with Crippen molar-refractivity contribution in [3.63, 3.8) is 0 Å². The molecule has 1 unspecified atom stereocenters. The summed E-state index contributed by atoms with van der Waals surface area (Å²) in [4.78, 5) is 16.9. The summed E-state index contributed by atoms with van der Waals surface area (Å²) in [6.45, 7) is 1.73. The number of nitrogens with one attached hydrogen (secondary N) is 1. The van der Waals surface area contributed by atoms with E-state index in [1.54, 1.807) is 25.3 Å². The van der Waals surface area contributed by atoms with E-state index in [4.69, 9.17) is 28.4 Å². The van der Waals surface area contributed by atoms with Gasteiger partial charge >= 0.3 is 6.09 Å². The summed E-state index contributed by atoms with van der Waals surface area (Å²) in [7, 11) is 1.58. The first-order valence-electron chi connectivity index (χ1n) is 9.26. The zero-order valence-electron chi connectivity index (χ0n) is 16.0. The zero-order chi connectivity index (χ0) is 20.5. The van der Waals surface area contributed by atoms with Gasteiger partial charge in [-0.3, -0.25) is 5.32 Å². The highest BCUT2D eigenvalue weighted by atomic mass is 32.1. The first-order valence-corrected chi connectivity index (χ1v) is 10.1. The average Bonchev–Trinajstić information content (AvgIpc) is 3.40. The summed E-state index contributed by atoms with van der Waals surface area (Å²) >= 11 is 1.32. The number of amides is 1. The molecule has 2 aliphatic rings. The Morgan fingerprint density at radius 1 is 1.20 bits per heavy atom. The molecule has 9 nitrogen and oxygen atoms in total. The third-order valence-corrected chi connectivity index (χ3v) is 5.70. The summed E-state index contributed by atoms with van der Waals surface area (Å²) in [5, 5.41) is 3.06. The van der Waals surface area contributed by atoms with Crippen LogP contribution in [-0.2, 0) is 9.47 Å². The molecule has 30 heavy (non-hydrogen) atoms. The van der Waals surface area contributed by atoms with E-state index in [0.717, 1.165) is 10.3 Å². The molecule has 10 heteroatoms. The molecule has 1 N–H and O–H groups in total. The molecule has 3 heterocycles. The molecule has 0 bridgehead atoms. The van der Waals surface area contributed by atoms with Crippen molar-refractivity contribution < 1.29 is 33.2 Å². The molecule has 0 radical (unpaired) electrons. The molecule has 2 aliphatic heterocycles. The largest absolute Gasteiger partial charge is 0.494 e. The summed E-state index contributed by atoms with van der Waals surface area (Å²) in [5.41, 5.74) is 1.59. The minimum absolute atomic E-state index is 0.149. The highest BCUT2D eigenvalue weighted by Gasteiger charge is 2.23. The summed E-state index contributed by atoms with van der Waals surface area (Å²) in [6, 6.07) is 8.69. The molecule has 1 fully saturated rings. The van der Waals surface area contributed by atoms with Gasteiger partial charge < -0.3 is 28.4 Å². The van der Waals surface area contributed by atoms with Gasteiger partial charge in [0.05, 0.1) is 31.6 Å². The van der Waals surface area contributed by atoms with Crippen LogP contribution in [0.2, 0.25) is 0 Å². The minimum atomic E-state index is -0.661. The Kier molecular flexibility index (Phi) is 5.03. The maximum Gasteiger partial charge on any atom is 0.418 e. The van der Waals surface area contributed by atoms with E-state index in [1.165, 1.54) is 11.3 Å². The Bertz CT molecular complexity index is 1090. The molecule has 0 aliphatic carbocycles. The SMILES string of the molecule is COc1ccc(C2COCCO2)c2sc(NC(=O)Oc3ccc4c(c3)OCO4)nc12. The predicted octanol–water partition coefficient (Wildman–Crippen LogP) is 3.73. The number of hydrogen-bond donors (Lipinski definition) is 1. The van der Waals surface area contributed by atoms with Crippen LogP contribution in [-0.4, -0.2) is 44.8 Å². The highest BCUT2D eigenvalue weighted by molar-refractivity contribution is 7.22.